The Morgan fingerprint density at radius 3 is 2.55 bits per heavy atom. The number of nitrogens with zero attached hydrogens (tertiary/aromatic N) is 1. The Morgan fingerprint density at radius 1 is 1.13 bits per heavy atom. The van der Waals surface area contributed by atoms with E-state index < -0.39 is 15.8 Å². The van der Waals surface area contributed by atoms with E-state index in [2.05, 4.69) is 20.9 Å². The second kappa shape index (κ2) is 9.84. The molecule has 1 heterocycles. The minimum atomic E-state index is -3.71. The third kappa shape index (κ3) is 6.12. The van der Waals surface area contributed by atoms with Gasteiger partial charge >= 0.3 is 0 Å². The van der Waals surface area contributed by atoms with Gasteiger partial charge in [-0.2, -0.15) is 4.72 Å². The Labute approximate surface area is 179 Å². The molecule has 158 valence electrons. The summed E-state index contributed by atoms with van der Waals surface area (Å²) in [6.07, 6.45) is 6.58. The number of nitrogens with one attached hydrogen (secondary N) is 2. The van der Waals surface area contributed by atoms with E-state index in [-0.39, 0.29) is 29.8 Å². The van der Waals surface area contributed by atoms with E-state index in [1.54, 1.807) is 18.2 Å². The van der Waals surface area contributed by atoms with Gasteiger partial charge < -0.3 is 10.1 Å². The van der Waals surface area contributed by atoms with E-state index in [9.17, 15) is 17.6 Å². The number of rotatable bonds is 8. The van der Waals surface area contributed by atoms with Gasteiger partial charge in [-0.1, -0.05) is 18.1 Å². The molecule has 1 aromatic heterocycles. The number of aromatic nitrogens is 1. The summed E-state index contributed by atoms with van der Waals surface area (Å²) in [6, 6.07) is 14.5. The highest BCUT2D eigenvalue weighted by atomic mass is 32.2. The van der Waals surface area contributed by atoms with Gasteiger partial charge in [-0.3, -0.25) is 4.79 Å². The fraction of sp³-hybridized carbons (Fsp3) is 0.0909. The molecule has 9 heteroatoms. The molecule has 1 amide bonds. The first-order valence-electron chi connectivity index (χ1n) is 9.07. The number of hydrogen-bond acceptors (Lipinski definition) is 5. The van der Waals surface area contributed by atoms with E-state index in [1.807, 2.05) is 0 Å². The van der Waals surface area contributed by atoms with Gasteiger partial charge in [0.2, 0.25) is 15.9 Å². The first-order valence-corrected chi connectivity index (χ1v) is 10.6. The normalized spacial score (nSPS) is 10.8. The van der Waals surface area contributed by atoms with Crippen LogP contribution in [0.5, 0.6) is 11.6 Å². The molecule has 7 nitrogen and oxygen atoms in total. The lowest BCUT2D eigenvalue weighted by Gasteiger charge is -2.08. The zero-order valence-corrected chi connectivity index (χ0v) is 17.0. The van der Waals surface area contributed by atoms with Crippen molar-refractivity contribution >= 4 is 15.9 Å². The van der Waals surface area contributed by atoms with E-state index in [0.29, 0.717) is 11.3 Å². The molecule has 2 aromatic carbocycles. The van der Waals surface area contributed by atoms with Crippen molar-refractivity contribution < 1.29 is 22.3 Å². The molecule has 0 fully saturated rings. The second-order valence-electron chi connectivity index (χ2n) is 6.30. The van der Waals surface area contributed by atoms with Crippen LogP contribution in [0.1, 0.15) is 15.9 Å². The summed E-state index contributed by atoms with van der Waals surface area (Å²) in [5.74, 6) is 2.02. The maximum absolute atomic E-state index is 13.2. The SMILES string of the molecule is C#CCNS(=O)(=O)c1ccc(C(=O)NCc2ccc(Oc3cccc(F)c3)nc2)cc1. The molecule has 0 atom stereocenters. The number of halogens is 1. The molecule has 0 saturated carbocycles. The van der Waals surface area contributed by atoms with Crippen LogP contribution in [0.25, 0.3) is 0 Å². The summed E-state index contributed by atoms with van der Waals surface area (Å²) in [5.41, 5.74) is 1.02. The van der Waals surface area contributed by atoms with E-state index in [0.717, 1.165) is 5.56 Å². The molecular weight excluding hydrogens is 421 g/mol. The van der Waals surface area contributed by atoms with Gasteiger partial charge in [0.1, 0.15) is 11.6 Å². The molecule has 31 heavy (non-hydrogen) atoms. The van der Waals surface area contributed by atoms with Gasteiger partial charge in [0, 0.05) is 30.4 Å². The average Bonchev–Trinajstić information content (AvgIpc) is 2.77. The molecule has 0 aliphatic carbocycles. The van der Waals surface area contributed by atoms with Crippen LogP contribution >= 0.6 is 0 Å². The standard InChI is InChI=1S/C22H18FN3O4S/c1-2-12-26-31(28,29)20-9-7-17(8-10-20)22(27)25-15-16-6-11-21(24-14-16)30-19-5-3-4-18(23)13-19/h1,3-11,13-14,26H,12,15H2,(H,25,27). The Balaban J connectivity index is 1.56. The van der Waals surface area contributed by atoms with Gasteiger partial charge in [-0.25, -0.2) is 17.8 Å². The predicted molar refractivity (Wildman–Crippen MR) is 112 cm³/mol. The monoisotopic (exact) mass is 439 g/mol. The van der Waals surface area contributed by atoms with E-state index >= 15 is 0 Å². The third-order valence-corrected chi connectivity index (χ3v) is 5.48. The molecule has 0 spiro atoms. The van der Waals surface area contributed by atoms with Crippen molar-refractivity contribution in [1.29, 1.82) is 0 Å². The number of terminal acetylenes is 1. The smallest absolute Gasteiger partial charge is 0.251 e. The lowest BCUT2D eigenvalue weighted by atomic mass is 10.2. The van der Waals surface area contributed by atoms with Crippen molar-refractivity contribution in [1.82, 2.24) is 15.0 Å². The zero-order chi connectivity index (χ0) is 22.3. The van der Waals surface area contributed by atoms with Gasteiger partial charge in [-0.05, 0) is 42.0 Å². The molecule has 0 radical (unpaired) electrons. The highest BCUT2D eigenvalue weighted by Gasteiger charge is 2.14. The lowest BCUT2D eigenvalue weighted by Crippen LogP contribution is -2.25. The topological polar surface area (TPSA) is 97.4 Å². The van der Waals surface area contributed by atoms with Crippen LogP contribution in [0.2, 0.25) is 0 Å². The van der Waals surface area contributed by atoms with Crippen molar-refractivity contribution in [3.8, 4) is 24.0 Å². The Kier molecular flexibility index (Phi) is 6.97. The quantitative estimate of drug-likeness (QED) is 0.526. The summed E-state index contributed by atoms with van der Waals surface area (Å²) in [4.78, 5) is 16.5. The fourth-order valence-electron chi connectivity index (χ4n) is 2.52. The summed E-state index contributed by atoms with van der Waals surface area (Å²) >= 11 is 0. The summed E-state index contributed by atoms with van der Waals surface area (Å²) in [5, 5.41) is 2.72. The summed E-state index contributed by atoms with van der Waals surface area (Å²) < 4.78 is 44.9. The minimum absolute atomic E-state index is 0.0115. The van der Waals surface area contributed by atoms with Crippen LogP contribution in [-0.2, 0) is 16.6 Å². The fourth-order valence-corrected chi connectivity index (χ4v) is 3.45. The number of ether oxygens (including phenoxy) is 1. The average molecular weight is 439 g/mol. The predicted octanol–water partition coefficient (Wildman–Crippen LogP) is 2.85. The maximum Gasteiger partial charge on any atom is 0.251 e. The lowest BCUT2D eigenvalue weighted by molar-refractivity contribution is 0.0951. The van der Waals surface area contributed by atoms with Gasteiger partial charge in [-0.15, -0.1) is 6.42 Å². The van der Waals surface area contributed by atoms with Crippen LogP contribution in [0.3, 0.4) is 0 Å². The van der Waals surface area contributed by atoms with Crippen LogP contribution in [0.15, 0.2) is 71.8 Å². The molecule has 0 aliphatic rings. The number of pyridine rings is 1. The van der Waals surface area contributed by atoms with Crippen molar-refractivity contribution in [2.24, 2.45) is 0 Å². The van der Waals surface area contributed by atoms with Crippen LogP contribution in [0.4, 0.5) is 4.39 Å². The van der Waals surface area contributed by atoms with Crippen molar-refractivity contribution in [2.75, 3.05) is 6.54 Å². The van der Waals surface area contributed by atoms with E-state index in [4.69, 9.17) is 11.2 Å². The first-order chi connectivity index (χ1) is 14.9. The minimum Gasteiger partial charge on any atom is -0.439 e. The summed E-state index contributed by atoms with van der Waals surface area (Å²) in [7, 11) is -3.71. The number of carbonyl (C=O) groups is 1. The molecule has 3 aromatic rings. The molecule has 0 bridgehead atoms. The largest absolute Gasteiger partial charge is 0.439 e. The molecule has 3 rings (SSSR count). The van der Waals surface area contributed by atoms with Crippen LogP contribution < -0.4 is 14.8 Å². The number of amides is 1. The van der Waals surface area contributed by atoms with Gasteiger partial charge in [0.25, 0.3) is 5.91 Å². The highest BCUT2D eigenvalue weighted by Crippen LogP contribution is 2.20. The number of benzene rings is 2. The van der Waals surface area contributed by atoms with Crippen molar-refractivity contribution in [2.45, 2.75) is 11.4 Å². The third-order valence-electron chi connectivity index (χ3n) is 4.06. The van der Waals surface area contributed by atoms with Crippen LogP contribution in [0, 0.1) is 18.2 Å². The Morgan fingerprint density at radius 2 is 1.90 bits per heavy atom. The zero-order valence-electron chi connectivity index (χ0n) is 16.2. The molecule has 2 N–H and O–H groups in total. The van der Waals surface area contributed by atoms with Crippen molar-refractivity contribution in [3.05, 3.63) is 83.8 Å². The number of carbonyl (C=O) groups excluding carboxylic acids is 1. The van der Waals surface area contributed by atoms with Crippen molar-refractivity contribution in [3.63, 3.8) is 0 Å². The molecule has 0 unspecified atom stereocenters. The van der Waals surface area contributed by atoms with Crippen LogP contribution in [-0.4, -0.2) is 25.9 Å². The Bertz CT molecular complexity index is 1200. The Hall–Kier alpha value is -3.74. The number of hydrogen-bond donors (Lipinski definition) is 2. The molecule has 0 aliphatic heterocycles. The summed E-state index contributed by atoms with van der Waals surface area (Å²) in [6.45, 7) is 0.0839. The molecular formula is C22H18FN3O4S. The van der Waals surface area contributed by atoms with Gasteiger partial charge in [0.15, 0.2) is 0 Å². The second-order valence-corrected chi connectivity index (χ2v) is 8.07. The van der Waals surface area contributed by atoms with Gasteiger partial charge in [0.05, 0.1) is 11.4 Å². The van der Waals surface area contributed by atoms with E-state index in [1.165, 1.54) is 48.7 Å². The highest BCUT2D eigenvalue weighted by molar-refractivity contribution is 7.89. The first kappa shape index (κ1) is 22.0. The number of sulfonamides is 1. The molecule has 0 saturated heterocycles. The maximum atomic E-state index is 13.2.